The second kappa shape index (κ2) is 6.50. The first kappa shape index (κ1) is 16.5. The average molecular weight is 299 g/mol. The predicted octanol–water partition coefficient (Wildman–Crippen LogP) is 0.918. The molecular weight excluding hydrogens is 270 g/mol. The van der Waals surface area contributed by atoms with Crippen molar-refractivity contribution in [1.82, 2.24) is 15.1 Å². The lowest BCUT2D eigenvalue weighted by Crippen LogP contribution is -2.59. The molecule has 0 bridgehead atoms. The summed E-state index contributed by atoms with van der Waals surface area (Å²) in [5, 5.41) is 3.23. The summed E-state index contributed by atoms with van der Waals surface area (Å²) in [6.07, 6.45) is -0.202. The van der Waals surface area contributed by atoms with Gasteiger partial charge in [-0.25, -0.2) is 4.79 Å². The summed E-state index contributed by atoms with van der Waals surface area (Å²) in [6.45, 7) is 14.6. The number of carbonyl (C=O) groups is 1. The van der Waals surface area contributed by atoms with Gasteiger partial charge < -0.3 is 19.7 Å². The molecule has 2 fully saturated rings. The Morgan fingerprint density at radius 3 is 2.29 bits per heavy atom. The number of nitrogens with zero attached hydrogens (tertiary/aromatic N) is 2. The molecule has 0 saturated carbocycles. The smallest absolute Gasteiger partial charge is 0.410 e. The minimum Gasteiger partial charge on any atom is -0.444 e. The van der Waals surface area contributed by atoms with Gasteiger partial charge in [-0.05, 0) is 27.7 Å². The van der Waals surface area contributed by atoms with Crippen LogP contribution in [0.5, 0.6) is 0 Å². The van der Waals surface area contributed by atoms with Gasteiger partial charge in [0, 0.05) is 45.8 Å². The summed E-state index contributed by atoms with van der Waals surface area (Å²) >= 11 is 0. The molecule has 122 valence electrons. The average Bonchev–Trinajstić information content (AvgIpc) is 2.35. The van der Waals surface area contributed by atoms with Crippen LogP contribution < -0.4 is 5.32 Å². The number of hydrogen-bond acceptors (Lipinski definition) is 5. The first-order chi connectivity index (χ1) is 9.77. The Bertz CT molecular complexity index is 356. The van der Waals surface area contributed by atoms with Crippen molar-refractivity contribution in [3.63, 3.8) is 0 Å². The number of nitrogens with one attached hydrogen (secondary N) is 1. The molecule has 0 atom stereocenters. The highest BCUT2D eigenvalue weighted by Crippen LogP contribution is 2.15. The number of piperazine rings is 1. The molecule has 1 N–H and O–H groups in total. The van der Waals surface area contributed by atoms with Gasteiger partial charge in [0.1, 0.15) is 5.60 Å². The Balaban J connectivity index is 1.62. The summed E-state index contributed by atoms with van der Waals surface area (Å²) in [4.78, 5) is 16.1. The standard InChI is InChI=1S/C15H29N3O3/c1-14(2,3)21-13(19)18-7-5-17(6-8-18)9-10-20-15(4)11-16-12-15/h16H,5-12H2,1-4H3. The van der Waals surface area contributed by atoms with Crippen LogP contribution >= 0.6 is 0 Å². The third-order valence-electron chi connectivity index (χ3n) is 3.88. The molecule has 0 aromatic carbocycles. The van der Waals surface area contributed by atoms with Crippen molar-refractivity contribution < 1.29 is 14.3 Å². The van der Waals surface area contributed by atoms with Gasteiger partial charge in [-0.1, -0.05) is 0 Å². The highest BCUT2D eigenvalue weighted by molar-refractivity contribution is 5.68. The summed E-state index contributed by atoms with van der Waals surface area (Å²) in [7, 11) is 0. The molecule has 21 heavy (non-hydrogen) atoms. The van der Waals surface area contributed by atoms with E-state index in [1.165, 1.54) is 0 Å². The molecule has 0 aliphatic carbocycles. The SMILES string of the molecule is CC(C)(C)OC(=O)N1CCN(CCOC2(C)CNC2)CC1. The molecule has 1 amide bonds. The van der Waals surface area contributed by atoms with E-state index in [1.54, 1.807) is 4.90 Å². The van der Waals surface area contributed by atoms with E-state index in [4.69, 9.17) is 9.47 Å². The molecule has 2 aliphatic heterocycles. The summed E-state index contributed by atoms with van der Waals surface area (Å²) in [5.41, 5.74) is -0.396. The lowest BCUT2D eigenvalue weighted by molar-refractivity contribution is -0.0741. The molecule has 2 saturated heterocycles. The van der Waals surface area contributed by atoms with Gasteiger partial charge in [0.25, 0.3) is 0 Å². The van der Waals surface area contributed by atoms with Gasteiger partial charge >= 0.3 is 6.09 Å². The van der Waals surface area contributed by atoms with E-state index >= 15 is 0 Å². The van der Waals surface area contributed by atoms with Crippen LogP contribution in [-0.4, -0.2) is 79.5 Å². The Morgan fingerprint density at radius 1 is 1.19 bits per heavy atom. The van der Waals surface area contributed by atoms with Gasteiger partial charge in [-0.3, -0.25) is 4.90 Å². The van der Waals surface area contributed by atoms with Gasteiger partial charge in [0.05, 0.1) is 12.2 Å². The molecule has 0 radical (unpaired) electrons. The second-order valence-electron chi connectivity index (χ2n) is 7.21. The molecule has 2 rings (SSSR count). The molecule has 2 heterocycles. The van der Waals surface area contributed by atoms with Crippen molar-refractivity contribution in [1.29, 1.82) is 0 Å². The van der Waals surface area contributed by atoms with E-state index in [-0.39, 0.29) is 11.7 Å². The van der Waals surface area contributed by atoms with E-state index in [9.17, 15) is 4.79 Å². The Kier molecular flexibility index (Phi) is 5.11. The van der Waals surface area contributed by atoms with Gasteiger partial charge in [0.2, 0.25) is 0 Å². The van der Waals surface area contributed by atoms with E-state index in [0.717, 1.165) is 52.4 Å². The highest BCUT2D eigenvalue weighted by Gasteiger charge is 2.32. The molecular formula is C15H29N3O3. The third-order valence-corrected chi connectivity index (χ3v) is 3.88. The van der Waals surface area contributed by atoms with Crippen molar-refractivity contribution in [2.75, 3.05) is 52.4 Å². The van der Waals surface area contributed by atoms with Crippen LogP contribution in [0.4, 0.5) is 4.79 Å². The maximum absolute atomic E-state index is 12.0. The van der Waals surface area contributed by atoms with E-state index in [1.807, 2.05) is 20.8 Å². The number of hydrogen-bond donors (Lipinski definition) is 1. The fourth-order valence-corrected chi connectivity index (χ4v) is 2.48. The summed E-state index contributed by atoms with van der Waals surface area (Å²) < 4.78 is 11.3. The van der Waals surface area contributed by atoms with Crippen molar-refractivity contribution >= 4 is 6.09 Å². The Morgan fingerprint density at radius 2 is 1.81 bits per heavy atom. The molecule has 0 aromatic heterocycles. The molecule has 2 aliphatic rings. The van der Waals surface area contributed by atoms with E-state index in [0.29, 0.717) is 0 Å². The van der Waals surface area contributed by atoms with Crippen LogP contribution in [0.15, 0.2) is 0 Å². The van der Waals surface area contributed by atoms with Crippen molar-refractivity contribution in [2.24, 2.45) is 0 Å². The van der Waals surface area contributed by atoms with Crippen molar-refractivity contribution in [3.8, 4) is 0 Å². The molecule has 6 nitrogen and oxygen atoms in total. The lowest BCUT2D eigenvalue weighted by Gasteiger charge is -2.40. The van der Waals surface area contributed by atoms with E-state index < -0.39 is 5.60 Å². The Hall–Kier alpha value is -0.850. The molecule has 0 unspecified atom stereocenters. The highest BCUT2D eigenvalue weighted by atomic mass is 16.6. The lowest BCUT2D eigenvalue weighted by atomic mass is 10.0. The van der Waals surface area contributed by atoms with E-state index in [2.05, 4.69) is 17.1 Å². The summed E-state index contributed by atoms with van der Waals surface area (Å²) in [5.74, 6) is 0. The van der Waals surface area contributed by atoms with Gasteiger partial charge in [-0.2, -0.15) is 0 Å². The number of rotatable bonds is 4. The number of ether oxygens (including phenoxy) is 2. The second-order valence-corrected chi connectivity index (χ2v) is 7.21. The van der Waals surface area contributed by atoms with Crippen molar-refractivity contribution in [3.05, 3.63) is 0 Å². The normalized spacial score (nSPS) is 22.8. The molecule has 0 spiro atoms. The van der Waals surface area contributed by atoms with Gasteiger partial charge in [0.15, 0.2) is 0 Å². The zero-order valence-corrected chi connectivity index (χ0v) is 13.8. The number of carbonyl (C=O) groups excluding carboxylic acids is 1. The fourth-order valence-electron chi connectivity index (χ4n) is 2.48. The number of amides is 1. The van der Waals surface area contributed by atoms with Crippen LogP contribution in [0.1, 0.15) is 27.7 Å². The maximum atomic E-state index is 12.0. The first-order valence-electron chi connectivity index (χ1n) is 7.82. The largest absolute Gasteiger partial charge is 0.444 e. The van der Waals surface area contributed by atoms with Crippen LogP contribution in [0, 0.1) is 0 Å². The summed E-state index contributed by atoms with van der Waals surface area (Å²) in [6, 6.07) is 0. The third kappa shape index (κ3) is 5.13. The maximum Gasteiger partial charge on any atom is 0.410 e. The van der Waals surface area contributed by atoms with Gasteiger partial charge in [-0.15, -0.1) is 0 Å². The minimum atomic E-state index is -0.422. The van der Waals surface area contributed by atoms with Crippen LogP contribution in [0.3, 0.4) is 0 Å². The molecule has 0 aromatic rings. The fraction of sp³-hybridized carbons (Fsp3) is 0.933. The van der Waals surface area contributed by atoms with Crippen LogP contribution in [0.25, 0.3) is 0 Å². The van der Waals surface area contributed by atoms with Crippen LogP contribution in [0.2, 0.25) is 0 Å². The quantitative estimate of drug-likeness (QED) is 0.836. The van der Waals surface area contributed by atoms with Crippen LogP contribution in [-0.2, 0) is 9.47 Å². The predicted molar refractivity (Wildman–Crippen MR) is 81.5 cm³/mol. The zero-order chi connectivity index (χ0) is 15.5. The molecule has 6 heteroatoms. The monoisotopic (exact) mass is 299 g/mol. The first-order valence-corrected chi connectivity index (χ1v) is 7.82. The zero-order valence-electron chi connectivity index (χ0n) is 13.8. The van der Waals surface area contributed by atoms with Crippen molar-refractivity contribution in [2.45, 2.75) is 38.9 Å². The minimum absolute atomic E-state index is 0.0261. The Labute approximate surface area is 127 Å². The topological polar surface area (TPSA) is 54.0 Å².